The van der Waals surface area contributed by atoms with Gasteiger partial charge in [0.2, 0.25) is 0 Å². The van der Waals surface area contributed by atoms with E-state index in [0.29, 0.717) is 5.75 Å². The molecule has 0 bridgehead atoms. The topological polar surface area (TPSA) is 57.5 Å². The van der Waals surface area contributed by atoms with E-state index in [9.17, 15) is 9.90 Å². The molecule has 0 aromatic heterocycles. The van der Waals surface area contributed by atoms with Crippen molar-refractivity contribution in [3.63, 3.8) is 0 Å². The molecule has 0 atom stereocenters. The molecule has 0 unspecified atom stereocenters. The molecule has 2 N–H and O–H groups in total. The van der Waals surface area contributed by atoms with Gasteiger partial charge in [0.05, 0.1) is 0 Å². The van der Waals surface area contributed by atoms with Gasteiger partial charge in [-0.25, -0.2) is 4.79 Å². The maximum absolute atomic E-state index is 9.54. The highest BCUT2D eigenvalue weighted by molar-refractivity contribution is 5.78. The van der Waals surface area contributed by atoms with E-state index < -0.39 is 5.97 Å². The van der Waals surface area contributed by atoms with E-state index in [-0.39, 0.29) is 0 Å². The molecule has 0 amide bonds. The van der Waals surface area contributed by atoms with Crippen LogP contribution in [0.2, 0.25) is 0 Å². The number of benzene rings is 2. The van der Waals surface area contributed by atoms with Crippen LogP contribution in [0.25, 0.3) is 12.2 Å². The molecule has 2 aromatic rings. The maximum Gasteiger partial charge on any atom is 0.327 e. The molecule has 0 aliphatic carbocycles. The molecule has 3 heteroatoms. The Morgan fingerprint density at radius 2 is 1.50 bits per heavy atom. The minimum absolute atomic E-state index is 0.310. The molecule has 0 fully saturated rings. The summed E-state index contributed by atoms with van der Waals surface area (Å²) in [6, 6.07) is 17.3. The first-order valence-corrected chi connectivity index (χ1v) is 6.00. The summed E-state index contributed by atoms with van der Waals surface area (Å²) in [7, 11) is 0. The first-order valence-electron chi connectivity index (χ1n) is 6.00. The number of carbonyl (C=O) groups is 1. The number of carboxylic acids is 1. The number of para-hydroxylation sites is 1. The van der Waals surface area contributed by atoms with Crippen LogP contribution in [0, 0.1) is 0 Å². The van der Waals surface area contributed by atoms with Gasteiger partial charge in [0.1, 0.15) is 5.75 Å². The van der Waals surface area contributed by atoms with Crippen molar-refractivity contribution in [1.29, 1.82) is 0 Å². The van der Waals surface area contributed by atoms with E-state index in [4.69, 9.17) is 5.11 Å². The first kappa shape index (κ1) is 15.2. The summed E-state index contributed by atoms with van der Waals surface area (Å²) in [5.74, 6) is -0.672. The Bertz CT molecular complexity index is 586. The van der Waals surface area contributed by atoms with E-state index in [0.717, 1.165) is 17.2 Å². The molecule has 0 aliphatic heterocycles. The average molecular weight is 268 g/mol. The van der Waals surface area contributed by atoms with Gasteiger partial charge < -0.3 is 10.2 Å². The van der Waals surface area contributed by atoms with E-state index in [1.165, 1.54) is 0 Å². The number of hydrogen-bond acceptors (Lipinski definition) is 2. The molecule has 0 heterocycles. The second-order valence-electron chi connectivity index (χ2n) is 3.85. The fourth-order valence-corrected chi connectivity index (χ4v) is 1.38. The van der Waals surface area contributed by atoms with Crippen LogP contribution in [0.4, 0.5) is 0 Å². The standard InChI is InChI=1S/C14H12O.C3H4O2/c15-14-9-5-4-8-13(14)11-10-12-6-2-1-3-7-12;1-2-3(4)5/h1-11,15H;2H,1H2,(H,4,5). The van der Waals surface area contributed by atoms with Crippen LogP contribution in [-0.4, -0.2) is 16.2 Å². The van der Waals surface area contributed by atoms with Crippen molar-refractivity contribution in [3.8, 4) is 5.75 Å². The van der Waals surface area contributed by atoms with Gasteiger partial charge >= 0.3 is 5.97 Å². The van der Waals surface area contributed by atoms with E-state index in [1.54, 1.807) is 6.07 Å². The normalized spacial score (nSPS) is 9.60. The highest BCUT2D eigenvalue weighted by Crippen LogP contribution is 2.18. The van der Waals surface area contributed by atoms with Crippen molar-refractivity contribution in [3.05, 3.63) is 78.4 Å². The Labute approximate surface area is 118 Å². The summed E-state index contributed by atoms with van der Waals surface area (Å²) in [5.41, 5.74) is 1.96. The predicted octanol–water partition coefficient (Wildman–Crippen LogP) is 3.82. The van der Waals surface area contributed by atoms with Gasteiger partial charge in [0.15, 0.2) is 0 Å². The first-order chi connectivity index (χ1) is 9.63. The molecular weight excluding hydrogens is 252 g/mol. The number of hydrogen-bond donors (Lipinski definition) is 2. The van der Waals surface area contributed by atoms with Crippen LogP contribution in [0.5, 0.6) is 5.75 Å². The Morgan fingerprint density at radius 1 is 0.950 bits per heavy atom. The van der Waals surface area contributed by atoms with Crippen molar-refractivity contribution in [2.75, 3.05) is 0 Å². The summed E-state index contributed by atoms with van der Waals surface area (Å²) in [4.78, 5) is 9.25. The summed E-state index contributed by atoms with van der Waals surface area (Å²) in [6.07, 6.45) is 4.72. The van der Waals surface area contributed by atoms with Crippen LogP contribution < -0.4 is 0 Å². The maximum atomic E-state index is 9.54. The zero-order chi connectivity index (χ0) is 14.8. The van der Waals surface area contributed by atoms with E-state index in [1.807, 2.05) is 60.7 Å². The van der Waals surface area contributed by atoms with Crippen LogP contribution >= 0.6 is 0 Å². The lowest BCUT2D eigenvalue weighted by Crippen LogP contribution is -1.82. The van der Waals surface area contributed by atoms with Crippen molar-refractivity contribution in [1.82, 2.24) is 0 Å². The highest BCUT2D eigenvalue weighted by atomic mass is 16.4. The number of carboxylic acid groups (broad SMARTS) is 1. The Hall–Kier alpha value is -2.81. The summed E-state index contributed by atoms with van der Waals surface area (Å²) < 4.78 is 0. The lowest BCUT2D eigenvalue weighted by atomic mass is 10.1. The molecule has 0 saturated carbocycles. The molecule has 2 aromatic carbocycles. The number of phenolic OH excluding ortho intramolecular Hbond substituents is 1. The number of aliphatic carboxylic acids is 1. The van der Waals surface area contributed by atoms with Crippen LogP contribution in [0.15, 0.2) is 67.3 Å². The van der Waals surface area contributed by atoms with Gasteiger partial charge in [-0.15, -0.1) is 0 Å². The van der Waals surface area contributed by atoms with Crippen LogP contribution in [0.1, 0.15) is 11.1 Å². The van der Waals surface area contributed by atoms with Gasteiger partial charge in [-0.2, -0.15) is 0 Å². The molecule has 102 valence electrons. The number of phenols is 1. The lowest BCUT2D eigenvalue weighted by Gasteiger charge is -1.97. The predicted molar refractivity (Wildman–Crippen MR) is 81.3 cm³/mol. The zero-order valence-corrected chi connectivity index (χ0v) is 10.9. The summed E-state index contributed by atoms with van der Waals surface area (Å²) >= 11 is 0. The fourth-order valence-electron chi connectivity index (χ4n) is 1.38. The molecule has 20 heavy (non-hydrogen) atoms. The quantitative estimate of drug-likeness (QED) is 0.657. The van der Waals surface area contributed by atoms with Crippen LogP contribution in [0.3, 0.4) is 0 Å². The Balaban J connectivity index is 0.000000347. The van der Waals surface area contributed by atoms with Crippen molar-refractivity contribution in [2.24, 2.45) is 0 Å². The summed E-state index contributed by atoms with van der Waals surface area (Å²) in [5, 5.41) is 17.1. The largest absolute Gasteiger partial charge is 0.507 e. The number of aromatic hydroxyl groups is 1. The van der Waals surface area contributed by atoms with Crippen molar-refractivity contribution >= 4 is 18.1 Å². The van der Waals surface area contributed by atoms with Gasteiger partial charge in [0, 0.05) is 11.6 Å². The minimum Gasteiger partial charge on any atom is -0.507 e. The third kappa shape index (κ3) is 5.69. The third-order valence-electron chi connectivity index (χ3n) is 2.37. The molecular formula is C17H16O3. The molecule has 0 spiro atoms. The van der Waals surface area contributed by atoms with Gasteiger partial charge in [-0.3, -0.25) is 0 Å². The van der Waals surface area contributed by atoms with Gasteiger partial charge in [-0.05, 0) is 11.6 Å². The smallest absolute Gasteiger partial charge is 0.327 e. The lowest BCUT2D eigenvalue weighted by molar-refractivity contribution is -0.131. The molecule has 0 saturated heterocycles. The zero-order valence-electron chi connectivity index (χ0n) is 10.9. The third-order valence-corrected chi connectivity index (χ3v) is 2.37. The molecule has 2 rings (SSSR count). The Morgan fingerprint density at radius 3 is 2.05 bits per heavy atom. The molecule has 0 aliphatic rings. The van der Waals surface area contributed by atoms with Gasteiger partial charge in [0.25, 0.3) is 0 Å². The fraction of sp³-hybridized carbons (Fsp3) is 0. The molecule has 3 nitrogen and oxygen atoms in total. The Kier molecular flexibility index (Phi) is 6.34. The van der Waals surface area contributed by atoms with Crippen molar-refractivity contribution < 1.29 is 15.0 Å². The average Bonchev–Trinajstić information content (AvgIpc) is 2.48. The second-order valence-corrected chi connectivity index (χ2v) is 3.85. The van der Waals surface area contributed by atoms with Crippen LogP contribution in [-0.2, 0) is 4.79 Å². The van der Waals surface area contributed by atoms with Crippen molar-refractivity contribution in [2.45, 2.75) is 0 Å². The van der Waals surface area contributed by atoms with E-state index in [2.05, 4.69) is 6.58 Å². The SMILES string of the molecule is C=CC(=O)O.Oc1ccccc1C=Cc1ccccc1. The summed E-state index contributed by atoms with van der Waals surface area (Å²) in [6.45, 7) is 2.96. The number of rotatable bonds is 3. The highest BCUT2D eigenvalue weighted by Gasteiger charge is 1.93. The van der Waals surface area contributed by atoms with Gasteiger partial charge in [-0.1, -0.05) is 67.3 Å². The molecule has 0 radical (unpaired) electrons. The minimum atomic E-state index is -0.981. The second kappa shape index (κ2) is 8.32. The monoisotopic (exact) mass is 268 g/mol. The van der Waals surface area contributed by atoms with E-state index >= 15 is 0 Å².